The minimum Gasteiger partial charge on any atom is -0.413 e. The summed E-state index contributed by atoms with van der Waals surface area (Å²) in [5.74, 6) is 3.47. The van der Waals surface area contributed by atoms with Gasteiger partial charge in [-0.2, -0.15) is 0 Å². The fourth-order valence-electron chi connectivity index (χ4n) is 7.62. The zero-order valence-corrected chi connectivity index (χ0v) is 33.8. The zero-order chi connectivity index (χ0) is 33.5. The van der Waals surface area contributed by atoms with Gasteiger partial charge in [-0.25, -0.2) is 0 Å². The van der Waals surface area contributed by atoms with Gasteiger partial charge >= 0.3 is 0 Å². The van der Waals surface area contributed by atoms with Gasteiger partial charge in [0.2, 0.25) is 0 Å². The highest BCUT2D eigenvalue weighted by Crippen LogP contribution is 2.59. The van der Waals surface area contributed by atoms with Crippen molar-refractivity contribution < 1.29 is 8.85 Å². The molecule has 0 radical (unpaired) electrons. The molecule has 0 aliphatic heterocycles. The fourth-order valence-corrected chi connectivity index (χ4v) is 10.3. The maximum Gasteiger partial charge on any atom is 0.192 e. The van der Waals surface area contributed by atoms with E-state index in [0.717, 1.165) is 18.8 Å². The predicted molar refractivity (Wildman–Crippen MR) is 199 cm³/mol. The van der Waals surface area contributed by atoms with Crippen molar-refractivity contribution in [1.29, 1.82) is 0 Å². The van der Waals surface area contributed by atoms with Gasteiger partial charge in [0.25, 0.3) is 0 Å². The molecular weight excluding hydrogens is 569 g/mol. The average molecular weight is 641 g/mol. The summed E-state index contributed by atoms with van der Waals surface area (Å²) in [6.07, 6.45) is 18.8. The maximum atomic E-state index is 7.09. The molecule has 0 heterocycles. The Kier molecular flexibility index (Phi) is 11.9. The molecule has 3 aliphatic carbocycles. The Morgan fingerprint density at radius 2 is 1.45 bits per heavy atom. The second kappa shape index (κ2) is 13.8. The summed E-state index contributed by atoms with van der Waals surface area (Å²) in [7, 11) is -3.88. The Bertz CT molecular complexity index is 1100. The highest BCUT2D eigenvalue weighted by atomic mass is 28.4. The molecule has 0 N–H and O–H groups in total. The molecule has 0 saturated heterocycles. The van der Waals surface area contributed by atoms with E-state index in [1.807, 2.05) is 0 Å². The summed E-state index contributed by atoms with van der Waals surface area (Å²) in [6.45, 7) is 40.5. The van der Waals surface area contributed by atoms with Crippen molar-refractivity contribution >= 4 is 16.6 Å². The quantitative estimate of drug-likeness (QED) is 0.184. The van der Waals surface area contributed by atoms with Crippen molar-refractivity contribution in [3.8, 4) is 0 Å². The van der Waals surface area contributed by atoms with Crippen LogP contribution >= 0.6 is 0 Å². The SMILES string of the molecule is C=C1/C(=C\C=C2/CCC[C@]3(C)[C@@H]([C@H](C)/C=C/[C@H](C)C(C)C)CC[C@@H]23)C[C@H](O[Si](C)(C)C(C)(C)C)C[C@H]1O[Si](C)(C)C(C)(C)C. The van der Waals surface area contributed by atoms with Crippen LogP contribution in [0.1, 0.15) is 121 Å². The Morgan fingerprint density at radius 1 is 0.864 bits per heavy atom. The lowest BCUT2D eigenvalue weighted by atomic mass is 9.61. The van der Waals surface area contributed by atoms with Crippen LogP contribution < -0.4 is 0 Å². The Morgan fingerprint density at radius 3 is 2.02 bits per heavy atom. The van der Waals surface area contributed by atoms with Crippen molar-refractivity contribution in [3.63, 3.8) is 0 Å². The number of hydrogen-bond acceptors (Lipinski definition) is 2. The van der Waals surface area contributed by atoms with E-state index in [1.165, 1.54) is 43.3 Å². The lowest BCUT2D eigenvalue weighted by Crippen LogP contribution is -2.49. The minimum absolute atomic E-state index is 0.0393. The van der Waals surface area contributed by atoms with Crippen LogP contribution in [0, 0.1) is 35.0 Å². The summed E-state index contributed by atoms with van der Waals surface area (Å²) < 4.78 is 14.2. The van der Waals surface area contributed by atoms with E-state index < -0.39 is 16.6 Å². The standard InChI is InChI=1S/C40H72O2Si2/c1-28(2)29(3)19-20-30(4)35-23-24-36-32(18-17-25-40(35,36)12)21-22-33-26-34(41-43(13,14)38(6,7)8)27-37(31(33)5)42-44(15,16)39(9,10)11/h19-22,28-30,34-37H,5,17-18,23-27H2,1-4,6-16H3/b20-19+,32-21+,33-22-/t29-,30+,34-,35+,36-,37+,40+/m0/s1. The molecule has 3 aliphatic rings. The highest BCUT2D eigenvalue weighted by molar-refractivity contribution is 6.74. The van der Waals surface area contributed by atoms with Crippen LogP contribution in [0.5, 0.6) is 0 Å². The van der Waals surface area contributed by atoms with Gasteiger partial charge in [-0.1, -0.05) is 113 Å². The first kappa shape index (κ1) is 37.8. The van der Waals surface area contributed by atoms with Gasteiger partial charge in [0.05, 0.1) is 12.2 Å². The fraction of sp³-hybridized carbons (Fsp3) is 0.800. The maximum absolute atomic E-state index is 7.09. The van der Waals surface area contributed by atoms with E-state index >= 15 is 0 Å². The predicted octanol–water partition coefficient (Wildman–Crippen LogP) is 12.7. The molecule has 0 aromatic carbocycles. The van der Waals surface area contributed by atoms with Crippen molar-refractivity contribution in [2.45, 2.75) is 170 Å². The topological polar surface area (TPSA) is 18.5 Å². The van der Waals surface area contributed by atoms with Crippen molar-refractivity contribution in [1.82, 2.24) is 0 Å². The highest BCUT2D eigenvalue weighted by Gasteiger charge is 2.50. The van der Waals surface area contributed by atoms with Gasteiger partial charge in [0, 0.05) is 6.42 Å². The molecule has 0 spiro atoms. The number of hydrogen-bond donors (Lipinski definition) is 0. The van der Waals surface area contributed by atoms with Crippen LogP contribution in [-0.4, -0.2) is 28.8 Å². The molecule has 252 valence electrons. The Labute approximate surface area is 276 Å². The first-order chi connectivity index (χ1) is 20.0. The molecule has 0 aromatic heterocycles. The number of rotatable bonds is 9. The summed E-state index contributed by atoms with van der Waals surface area (Å²) in [5, 5.41) is 0.352. The summed E-state index contributed by atoms with van der Waals surface area (Å²) >= 11 is 0. The van der Waals surface area contributed by atoms with Crippen molar-refractivity contribution in [2.75, 3.05) is 0 Å². The van der Waals surface area contributed by atoms with Gasteiger partial charge in [0.15, 0.2) is 16.6 Å². The molecule has 0 bridgehead atoms. The molecule has 0 unspecified atom stereocenters. The van der Waals surface area contributed by atoms with Crippen LogP contribution in [0.3, 0.4) is 0 Å². The summed E-state index contributed by atoms with van der Waals surface area (Å²) in [5.41, 5.74) is 4.64. The number of fused-ring (bicyclic) bond motifs is 1. The van der Waals surface area contributed by atoms with Gasteiger partial charge in [-0.3, -0.25) is 0 Å². The average Bonchev–Trinajstić information content (AvgIpc) is 3.23. The monoisotopic (exact) mass is 641 g/mol. The lowest BCUT2D eigenvalue weighted by molar-refractivity contribution is 0.0969. The van der Waals surface area contributed by atoms with Gasteiger partial charge in [-0.05, 0) is 121 Å². The third-order valence-corrected chi connectivity index (χ3v) is 22.2. The van der Waals surface area contributed by atoms with E-state index in [4.69, 9.17) is 15.4 Å². The molecular formula is C40H72O2Si2. The van der Waals surface area contributed by atoms with Gasteiger partial charge in [0.1, 0.15) is 0 Å². The smallest absolute Gasteiger partial charge is 0.192 e. The van der Waals surface area contributed by atoms with Crippen LogP contribution in [0.2, 0.25) is 36.3 Å². The zero-order valence-electron chi connectivity index (χ0n) is 31.8. The minimum atomic E-state index is -1.96. The number of allylic oxidation sites excluding steroid dienone is 5. The summed E-state index contributed by atoms with van der Waals surface area (Å²) in [6, 6.07) is 0. The second-order valence-electron chi connectivity index (χ2n) is 18.7. The van der Waals surface area contributed by atoms with Crippen molar-refractivity contribution in [3.05, 3.63) is 47.6 Å². The van der Waals surface area contributed by atoms with E-state index in [0.29, 0.717) is 29.1 Å². The molecule has 3 fully saturated rings. The first-order valence-electron chi connectivity index (χ1n) is 18.1. The first-order valence-corrected chi connectivity index (χ1v) is 23.9. The Hall–Kier alpha value is -0.686. The van der Waals surface area contributed by atoms with Gasteiger partial charge in [-0.15, -0.1) is 0 Å². The molecule has 3 rings (SSSR count). The molecule has 7 atom stereocenters. The molecule has 0 aromatic rings. The third kappa shape index (κ3) is 8.42. The van der Waals surface area contributed by atoms with E-state index in [1.54, 1.807) is 5.57 Å². The normalized spacial score (nSPS) is 32.6. The Balaban J connectivity index is 1.90. The van der Waals surface area contributed by atoms with Crippen molar-refractivity contribution in [2.24, 2.45) is 35.0 Å². The lowest BCUT2D eigenvalue weighted by Gasteiger charge is -2.45. The van der Waals surface area contributed by atoms with Crippen LogP contribution in [0.25, 0.3) is 0 Å². The van der Waals surface area contributed by atoms with Gasteiger partial charge < -0.3 is 8.85 Å². The molecule has 4 heteroatoms. The van der Waals surface area contributed by atoms with E-state index in [2.05, 4.69) is 127 Å². The van der Waals surface area contributed by atoms with E-state index in [9.17, 15) is 0 Å². The van der Waals surface area contributed by atoms with Crippen LogP contribution in [0.4, 0.5) is 0 Å². The molecule has 3 saturated carbocycles. The third-order valence-electron chi connectivity index (χ3n) is 13.2. The molecule has 0 amide bonds. The molecule has 2 nitrogen and oxygen atoms in total. The molecule has 44 heavy (non-hydrogen) atoms. The van der Waals surface area contributed by atoms with Crippen LogP contribution in [0.15, 0.2) is 47.6 Å². The second-order valence-corrected chi connectivity index (χ2v) is 28.2. The van der Waals surface area contributed by atoms with Crippen LogP contribution in [-0.2, 0) is 8.85 Å². The summed E-state index contributed by atoms with van der Waals surface area (Å²) in [4.78, 5) is 0. The largest absolute Gasteiger partial charge is 0.413 e. The van der Waals surface area contributed by atoms with E-state index in [-0.39, 0.29) is 22.3 Å².